The average molecular weight is 334 g/mol. The minimum absolute atomic E-state index is 0.0979. The Kier molecular flexibility index (Phi) is 5.85. The minimum atomic E-state index is -1.02. The van der Waals surface area contributed by atoms with Gasteiger partial charge in [0.15, 0.2) is 0 Å². The van der Waals surface area contributed by atoms with E-state index in [-0.39, 0.29) is 18.8 Å². The van der Waals surface area contributed by atoms with Crippen molar-refractivity contribution in [1.29, 1.82) is 0 Å². The van der Waals surface area contributed by atoms with Crippen LogP contribution in [0.5, 0.6) is 0 Å². The summed E-state index contributed by atoms with van der Waals surface area (Å²) in [6, 6.07) is 7.15. The predicted molar refractivity (Wildman–Crippen MR) is 88.4 cm³/mol. The fraction of sp³-hybridized carbons (Fsp3) is 0.333. The number of fused-ring (bicyclic) bond motifs is 1. The van der Waals surface area contributed by atoms with E-state index in [0.717, 1.165) is 4.90 Å². The van der Waals surface area contributed by atoms with Crippen LogP contribution in [-0.4, -0.2) is 59.4 Å². The summed E-state index contributed by atoms with van der Waals surface area (Å²) in [6.07, 6.45) is 0.212. The summed E-state index contributed by atoms with van der Waals surface area (Å²) >= 11 is 0. The fourth-order valence-corrected chi connectivity index (χ4v) is 2.10. The topological polar surface area (TPSA) is 118 Å². The molecule has 0 aliphatic rings. The molecule has 1 aromatic heterocycles. The zero-order chi connectivity index (χ0) is 17.5. The van der Waals surface area contributed by atoms with Gasteiger partial charge in [0.25, 0.3) is 0 Å². The summed E-state index contributed by atoms with van der Waals surface area (Å²) < 4.78 is 5.34. The standard InChI is InChI=1S/C15H18N4O5/c1-18(15(20)21)7-9-24-8-6-16-14-11-4-2-3-5-12(11)17-10-13(14)19(22)23/h2-5,10H,6-9H2,1H3,(H,16,17)(H,20,21). The summed E-state index contributed by atoms with van der Waals surface area (Å²) in [7, 11) is 1.45. The van der Waals surface area contributed by atoms with Gasteiger partial charge in [0.1, 0.15) is 11.9 Å². The zero-order valence-electron chi connectivity index (χ0n) is 13.1. The number of benzene rings is 1. The van der Waals surface area contributed by atoms with Gasteiger partial charge in [-0.15, -0.1) is 0 Å². The van der Waals surface area contributed by atoms with Crippen molar-refractivity contribution in [2.45, 2.75) is 0 Å². The number of para-hydroxylation sites is 1. The van der Waals surface area contributed by atoms with Crippen molar-refractivity contribution in [2.24, 2.45) is 0 Å². The van der Waals surface area contributed by atoms with Gasteiger partial charge in [-0.1, -0.05) is 18.2 Å². The summed E-state index contributed by atoms with van der Waals surface area (Å²) in [5, 5.41) is 23.6. The Hall–Kier alpha value is -2.94. The molecule has 0 bridgehead atoms. The second-order valence-corrected chi connectivity index (χ2v) is 5.04. The first-order valence-electron chi connectivity index (χ1n) is 7.28. The molecule has 0 aliphatic carbocycles. The number of likely N-dealkylation sites (N-methyl/N-ethyl adjacent to an activating group) is 1. The molecule has 2 aromatic rings. The second-order valence-electron chi connectivity index (χ2n) is 5.04. The molecule has 9 heteroatoms. The number of nitro groups is 1. The van der Waals surface area contributed by atoms with Crippen LogP contribution < -0.4 is 5.32 Å². The van der Waals surface area contributed by atoms with Crippen LogP contribution >= 0.6 is 0 Å². The molecule has 0 saturated heterocycles. The Morgan fingerprint density at radius 1 is 1.42 bits per heavy atom. The molecule has 1 aromatic carbocycles. The van der Waals surface area contributed by atoms with Gasteiger partial charge in [-0.25, -0.2) is 9.78 Å². The van der Waals surface area contributed by atoms with E-state index in [1.54, 1.807) is 18.2 Å². The lowest BCUT2D eigenvalue weighted by Crippen LogP contribution is -2.28. The van der Waals surface area contributed by atoms with Crippen molar-refractivity contribution in [3.8, 4) is 0 Å². The maximum Gasteiger partial charge on any atom is 0.407 e. The first-order valence-corrected chi connectivity index (χ1v) is 7.28. The number of anilines is 1. The number of carbonyl (C=O) groups is 1. The molecular formula is C15H18N4O5. The van der Waals surface area contributed by atoms with Gasteiger partial charge in [0.05, 0.1) is 23.7 Å². The Morgan fingerprint density at radius 3 is 2.88 bits per heavy atom. The molecule has 1 amide bonds. The van der Waals surface area contributed by atoms with Crippen molar-refractivity contribution in [2.75, 3.05) is 38.7 Å². The highest BCUT2D eigenvalue weighted by Gasteiger charge is 2.17. The van der Waals surface area contributed by atoms with Crippen molar-refractivity contribution in [3.05, 3.63) is 40.6 Å². The number of hydrogen-bond acceptors (Lipinski definition) is 6. The Balaban J connectivity index is 1.95. The molecule has 24 heavy (non-hydrogen) atoms. The summed E-state index contributed by atoms with van der Waals surface area (Å²) in [5.41, 5.74) is 0.964. The van der Waals surface area contributed by atoms with E-state index in [1.165, 1.54) is 13.2 Å². The number of hydrogen-bond donors (Lipinski definition) is 2. The lowest BCUT2D eigenvalue weighted by Gasteiger charge is -2.13. The van der Waals surface area contributed by atoms with Gasteiger partial charge in [0, 0.05) is 25.5 Å². The molecule has 128 valence electrons. The number of ether oxygens (including phenoxy) is 1. The highest BCUT2D eigenvalue weighted by molar-refractivity contribution is 5.95. The highest BCUT2D eigenvalue weighted by Crippen LogP contribution is 2.30. The third-order valence-corrected chi connectivity index (χ3v) is 3.40. The maximum absolute atomic E-state index is 11.2. The first-order chi connectivity index (χ1) is 11.5. The molecule has 2 rings (SSSR count). The highest BCUT2D eigenvalue weighted by atomic mass is 16.6. The average Bonchev–Trinajstić information content (AvgIpc) is 2.57. The van der Waals surface area contributed by atoms with E-state index in [1.807, 2.05) is 6.07 Å². The monoisotopic (exact) mass is 334 g/mol. The normalized spacial score (nSPS) is 10.5. The fourth-order valence-electron chi connectivity index (χ4n) is 2.10. The molecular weight excluding hydrogens is 316 g/mol. The molecule has 0 atom stereocenters. The second kappa shape index (κ2) is 8.06. The molecule has 0 spiro atoms. The van der Waals surface area contributed by atoms with Crippen LogP contribution in [0, 0.1) is 10.1 Å². The molecule has 0 aliphatic heterocycles. The maximum atomic E-state index is 11.2. The predicted octanol–water partition coefficient (Wildman–Crippen LogP) is 2.18. The number of nitrogens with zero attached hydrogens (tertiary/aromatic N) is 3. The minimum Gasteiger partial charge on any atom is -0.465 e. The molecule has 0 unspecified atom stereocenters. The van der Waals surface area contributed by atoms with Gasteiger partial charge >= 0.3 is 11.8 Å². The van der Waals surface area contributed by atoms with E-state index in [4.69, 9.17) is 9.84 Å². The van der Waals surface area contributed by atoms with Crippen LogP contribution in [0.3, 0.4) is 0 Å². The Morgan fingerprint density at radius 2 is 2.17 bits per heavy atom. The van der Waals surface area contributed by atoms with Gasteiger partial charge in [0.2, 0.25) is 0 Å². The van der Waals surface area contributed by atoms with Crippen molar-refractivity contribution in [1.82, 2.24) is 9.88 Å². The first kappa shape index (κ1) is 17.4. The van der Waals surface area contributed by atoms with Crippen LogP contribution in [0.2, 0.25) is 0 Å². The van der Waals surface area contributed by atoms with Gasteiger partial charge < -0.3 is 20.1 Å². The SMILES string of the molecule is CN(CCOCCNc1c([N+](=O)[O-])cnc2ccccc12)C(=O)O. The van der Waals surface area contributed by atoms with Gasteiger partial charge in [-0.3, -0.25) is 10.1 Å². The van der Waals surface area contributed by atoms with Gasteiger partial charge in [-0.2, -0.15) is 0 Å². The molecule has 0 saturated carbocycles. The smallest absolute Gasteiger partial charge is 0.407 e. The zero-order valence-corrected chi connectivity index (χ0v) is 13.1. The number of aromatic nitrogens is 1. The van der Waals surface area contributed by atoms with Gasteiger partial charge in [-0.05, 0) is 6.07 Å². The quantitative estimate of drug-likeness (QED) is 0.431. The third-order valence-electron chi connectivity index (χ3n) is 3.40. The number of amides is 1. The molecule has 0 radical (unpaired) electrons. The van der Waals surface area contributed by atoms with E-state index < -0.39 is 11.0 Å². The summed E-state index contributed by atoms with van der Waals surface area (Å²) in [6.45, 7) is 1.16. The molecule has 9 nitrogen and oxygen atoms in total. The number of carboxylic acid groups (broad SMARTS) is 1. The largest absolute Gasteiger partial charge is 0.465 e. The van der Waals surface area contributed by atoms with Crippen molar-refractivity contribution < 1.29 is 19.6 Å². The molecule has 2 N–H and O–H groups in total. The lowest BCUT2D eigenvalue weighted by atomic mass is 10.1. The molecule has 0 fully saturated rings. The van der Waals surface area contributed by atoms with E-state index in [0.29, 0.717) is 29.7 Å². The third kappa shape index (κ3) is 4.29. The lowest BCUT2D eigenvalue weighted by molar-refractivity contribution is -0.384. The van der Waals surface area contributed by atoms with Crippen LogP contribution in [-0.2, 0) is 4.74 Å². The molecule has 1 heterocycles. The van der Waals surface area contributed by atoms with Crippen molar-refractivity contribution in [3.63, 3.8) is 0 Å². The van der Waals surface area contributed by atoms with Crippen LogP contribution in [0.4, 0.5) is 16.2 Å². The Labute approximate surface area is 138 Å². The summed E-state index contributed by atoms with van der Waals surface area (Å²) in [4.78, 5) is 26.5. The number of nitrogens with one attached hydrogen (secondary N) is 1. The van der Waals surface area contributed by atoms with E-state index >= 15 is 0 Å². The van der Waals surface area contributed by atoms with E-state index in [9.17, 15) is 14.9 Å². The summed E-state index contributed by atoms with van der Waals surface area (Å²) in [5.74, 6) is 0. The van der Waals surface area contributed by atoms with E-state index in [2.05, 4.69) is 10.3 Å². The van der Waals surface area contributed by atoms with Crippen LogP contribution in [0.25, 0.3) is 10.9 Å². The number of pyridine rings is 1. The Bertz CT molecular complexity index is 737. The number of rotatable bonds is 8. The van der Waals surface area contributed by atoms with Crippen LogP contribution in [0.15, 0.2) is 30.5 Å². The van der Waals surface area contributed by atoms with Crippen molar-refractivity contribution >= 4 is 28.4 Å². The van der Waals surface area contributed by atoms with Crippen LogP contribution in [0.1, 0.15) is 0 Å².